The summed E-state index contributed by atoms with van der Waals surface area (Å²) in [6.07, 6.45) is -6.42. The molecule has 288 valence electrons. The first-order valence-corrected chi connectivity index (χ1v) is 18.7. The van der Waals surface area contributed by atoms with Crippen LogP contribution >= 0.6 is 39.1 Å². The number of ether oxygens (including phenoxy) is 2. The van der Waals surface area contributed by atoms with Gasteiger partial charge >= 0.3 is 12.4 Å². The molecule has 0 fully saturated rings. The SMILES string of the molecule is COCN(c1cc(C)cnc1Br)S(=O)(=O)c1ccc(Cl)c(C(F)(F)F)c1.COCN(c1cc(C)cnc1C=O)S(=O)(=O)c1ccc(Cl)c(C(F)(F)F)c1. The minimum atomic E-state index is -4.84. The summed E-state index contributed by atoms with van der Waals surface area (Å²) in [5, 5.41) is -1.22. The molecule has 0 aliphatic carbocycles. The van der Waals surface area contributed by atoms with Gasteiger partial charge in [-0.3, -0.25) is 9.78 Å². The maximum Gasteiger partial charge on any atom is 0.417 e. The zero-order chi connectivity index (χ0) is 40.1. The highest BCUT2D eigenvalue weighted by Gasteiger charge is 2.37. The second-order valence-corrected chi connectivity index (χ2v) is 16.0. The molecule has 0 unspecified atom stereocenters. The molecule has 0 bridgehead atoms. The van der Waals surface area contributed by atoms with Crippen molar-refractivity contribution < 1.29 is 57.4 Å². The van der Waals surface area contributed by atoms with E-state index in [9.17, 15) is 48.0 Å². The van der Waals surface area contributed by atoms with Crippen LogP contribution < -0.4 is 8.61 Å². The Morgan fingerprint density at radius 2 is 1.11 bits per heavy atom. The molecule has 0 saturated heterocycles. The van der Waals surface area contributed by atoms with Crippen molar-refractivity contribution in [2.75, 3.05) is 36.3 Å². The molecule has 0 aliphatic rings. The largest absolute Gasteiger partial charge is 0.417 e. The van der Waals surface area contributed by atoms with Gasteiger partial charge < -0.3 is 9.47 Å². The number of aryl methyl sites for hydroxylation is 2. The molecular weight excluding hydrogens is 869 g/mol. The average Bonchev–Trinajstić information content (AvgIpc) is 3.06. The van der Waals surface area contributed by atoms with Crippen molar-refractivity contribution in [3.63, 3.8) is 0 Å². The van der Waals surface area contributed by atoms with Gasteiger partial charge in [-0.25, -0.2) is 30.4 Å². The summed E-state index contributed by atoms with van der Waals surface area (Å²) in [5.41, 5.74) is -1.51. The zero-order valence-electron chi connectivity index (χ0n) is 27.6. The van der Waals surface area contributed by atoms with Crippen LogP contribution in [-0.2, 0) is 41.9 Å². The molecule has 4 aromatic rings. The molecule has 0 N–H and O–H groups in total. The summed E-state index contributed by atoms with van der Waals surface area (Å²) >= 11 is 14.3. The summed E-state index contributed by atoms with van der Waals surface area (Å²) in [6, 6.07) is 7.51. The van der Waals surface area contributed by atoms with E-state index in [-0.39, 0.29) is 21.7 Å². The standard InChI is InChI=1S/C16H14ClF3N2O4S.C15H13BrClF3N2O3S/c1-10-5-15(14(8-23)21-7-10)22(9-26-2)27(24,25)11-3-4-13(17)12(6-11)16(18,19)20;1-9-5-13(14(16)21-7-9)22(8-25-2)26(23,24)10-3-4-12(17)11(6-10)15(18,19)20/h3-8H,9H2,1-2H3;3-7H,8H2,1-2H3. The van der Waals surface area contributed by atoms with Crippen LogP contribution in [0.25, 0.3) is 0 Å². The van der Waals surface area contributed by atoms with Crippen molar-refractivity contribution in [2.24, 2.45) is 0 Å². The van der Waals surface area contributed by atoms with Crippen LogP contribution in [0.1, 0.15) is 32.7 Å². The fourth-order valence-electron chi connectivity index (χ4n) is 4.36. The van der Waals surface area contributed by atoms with Crippen molar-refractivity contribution in [2.45, 2.75) is 36.0 Å². The maximum atomic E-state index is 13.1. The number of carbonyl (C=O) groups excluding carboxylic acids is 1. The van der Waals surface area contributed by atoms with E-state index in [4.69, 9.17) is 32.7 Å². The van der Waals surface area contributed by atoms with Crippen LogP contribution in [0.2, 0.25) is 10.0 Å². The van der Waals surface area contributed by atoms with Gasteiger partial charge in [-0.1, -0.05) is 23.2 Å². The van der Waals surface area contributed by atoms with E-state index in [1.54, 1.807) is 13.8 Å². The number of nitrogens with zero attached hydrogens (tertiary/aromatic N) is 4. The van der Waals surface area contributed by atoms with E-state index in [1.165, 1.54) is 38.7 Å². The highest BCUT2D eigenvalue weighted by molar-refractivity contribution is 9.10. The monoisotopic (exact) mass is 894 g/mol. The van der Waals surface area contributed by atoms with E-state index in [1.807, 2.05) is 0 Å². The van der Waals surface area contributed by atoms with Crippen LogP contribution in [0.3, 0.4) is 0 Å². The molecule has 0 amide bonds. The number of aldehydes is 1. The Morgan fingerprint density at radius 3 is 1.51 bits per heavy atom. The van der Waals surface area contributed by atoms with Gasteiger partial charge in [0.25, 0.3) is 20.0 Å². The average molecular weight is 897 g/mol. The van der Waals surface area contributed by atoms with Gasteiger partial charge in [0, 0.05) is 26.6 Å². The lowest BCUT2D eigenvalue weighted by Crippen LogP contribution is -2.34. The third kappa shape index (κ3) is 10.4. The number of benzene rings is 2. The summed E-state index contributed by atoms with van der Waals surface area (Å²) < 4.78 is 142. The summed E-state index contributed by atoms with van der Waals surface area (Å²) in [5.74, 6) is 0. The first-order chi connectivity index (χ1) is 24.5. The number of methoxy groups -OCH3 is 2. The minimum Gasteiger partial charge on any atom is -0.363 e. The first kappa shape index (κ1) is 43.9. The zero-order valence-corrected chi connectivity index (χ0v) is 32.4. The van der Waals surface area contributed by atoms with E-state index < -0.39 is 76.8 Å². The second-order valence-electron chi connectivity index (χ2n) is 10.7. The lowest BCUT2D eigenvalue weighted by atomic mass is 10.2. The van der Waals surface area contributed by atoms with Gasteiger partial charge in [-0.05, 0) is 89.4 Å². The van der Waals surface area contributed by atoms with Crippen LogP contribution in [0.4, 0.5) is 37.7 Å². The number of aromatic nitrogens is 2. The molecule has 4 rings (SSSR count). The molecule has 0 spiro atoms. The third-order valence-corrected chi connectivity index (χ3v) is 11.5. The highest BCUT2D eigenvalue weighted by Crippen LogP contribution is 2.39. The van der Waals surface area contributed by atoms with Gasteiger partial charge in [0.15, 0.2) is 6.29 Å². The highest BCUT2D eigenvalue weighted by atomic mass is 79.9. The lowest BCUT2D eigenvalue weighted by molar-refractivity contribution is -0.138. The molecule has 53 heavy (non-hydrogen) atoms. The summed E-state index contributed by atoms with van der Waals surface area (Å²) in [7, 11) is -6.42. The topological polar surface area (TPSA) is 136 Å². The van der Waals surface area contributed by atoms with Crippen molar-refractivity contribution in [3.8, 4) is 0 Å². The molecule has 2 aromatic carbocycles. The molecule has 0 radical (unpaired) electrons. The van der Waals surface area contributed by atoms with E-state index in [2.05, 4.69) is 25.9 Å². The minimum absolute atomic E-state index is 0.115. The molecule has 22 heteroatoms. The van der Waals surface area contributed by atoms with Crippen molar-refractivity contribution in [1.82, 2.24) is 9.97 Å². The number of hydrogen-bond donors (Lipinski definition) is 0. The molecule has 0 saturated carbocycles. The molecule has 2 heterocycles. The van der Waals surface area contributed by atoms with Crippen molar-refractivity contribution in [1.29, 1.82) is 0 Å². The third-order valence-electron chi connectivity index (χ3n) is 6.80. The van der Waals surface area contributed by atoms with Gasteiger partial charge in [0.2, 0.25) is 0 Å². The van der Waals surface area contributed by atoms with Gasteiger partial charge in [-0.2, -0.15) is 26.3 Å². The fourth-order valence-corrected chi connectivity index (χ4v) is 8.17. The van der Waals surface area contributed by atoms with Crippen molar-refractivity contribution in [3.05, 3.63) is 104 Å². The lowest BCUT2D eigenvalue weighted by Gasteiger charge is -2.25. The van der Waals surface area contributed by atoms with E-state index in [0.29, 0.717) is 33.9 Å². The van der Waals surface area contributed by atoms with E-state index >= 15 is 0 Å². The Balaban J connectivity index is 0.000000286. The number of halogens is 9. The molecule has 2 aromatic heterocycles. The van der Waals surface area contributed by atoms with Crippen LogP contribution in [0, 0.1) is 13.8 Å². The molecule has 11 nitrogen and oxygen atoms in total. The fraction of sp³-hybridized carbons (Fsp3) is 0.258. The quantitative estimate of drug-likeness (QED) is 0.0631. The van der Waals surface area contributed by atoms with Gasteiger partial charge in [0.1, 0.15) is 23.8 Å². The summed E-state index contributed by atoms with van der Waals surface area (Å²) in [4.78, 5) is 17.9. The second kappa shape index (κ2) is 17.3. The number of alkyl halides is 6. The van der Waals surface area contributed by atoms with Crippen molar-refractivity contribution >= 4 is 76.8 Å². The number of rotatable bonds is 11. The Morgan fingerprint density at radius 1 is 0.717 bits per heavy atom. The number of pyridine rings is 2. The Hall–Kier alpha value is -3.53. The Bertz CT molecular complexity index is 2200. The maximum absolute atomic E-state index is 13.1. The van der Waals surface area contributed by atoms with Gasteiger partial charge in [-0.15, -0.1) is 0 Å². The number of hydrogen-bond acceptors (Lipinski definition) is 9. The number of carbonyl (C=O) groups is 1. The normalized spacial score (nSPS) is 12.2. The number of anilines is 2. The predicted molar refractivity (Wildman–Crippen MR) is 187 cm³/mol. The smallest absolute Gasteiger partial charge is 0.363 e. The van der Waals surface area contributed by atoms with Crippen LogP contribution in [0.15, 0.2) is 75.3 Å². The van der Waals surface area contributed by atoms with Gasteiger partial charge in [0.05, 0.1) is 42.3 Å². The van der Waals surface area contributed by atoms with E-state index in [0.717, 1.165) is 28.6 Å². The van der Waals surface area contributed by atoms with Crippen LogP contribution in [0.5, 0.6) is 0 Å². The predicted octanol–water partition coefficient (Wildman–Crippen LogP) is 8.30. The Kier molecular flexibility index (Phi) is 14.3. The Labute approximate surface area is 318 Å². The van der Waals surface area contributed by atoms with Crippen LogP contribution in [-0.4, -0.2) is 60.8 Å². The summed E-state index contributed by atoms with van der Waals surface area (Å²) in [6.45, 7) is 2.35. The molecule has 0 aliphatic heterocycles. The molecule has 0 atom stereocenters. The molecular formula is C31H27BrCl2F6N4O7S2. The first-order valence-electron chi connectivity index (χ1n) is 14.3. The number of sulfonamides is 2.